The highest BCUT2D eigenvalue weighted by atomic mass is 35.5. The van der Waals surface area contributed by atoms with E-state index in [2.05, 4.69) is 10.3 Å². The molecule has 1 saturated heterocycles. The molecule has 3 aromatic rings. The van der Waals surface area contributed by atoms with E-state index in [1.165, 1.54) is 17.4 Å². The van der Waals surface area contributed by atoms with E-state index in [-0.39, 0.29) is 11.3 Å². The van der Waals surface area contributed by atoms with Crippen LogP contribution in [0.3, 0.4) is 0 Å². The van der Waals surface area contributed by atoms with Crippen molar-refractivity contribution in [3.63, 3.8) is 0 Å². The fourth-order valence-electron chi connectivity index (χ4n) is 3.38. The van der Waals surface area contributed by atoms with Crippen molar-refractivity contribution in [1.29, 1.82) is 0 Å². The highest BCUT2D eigenvalue weighted by Crippen LogP contribution is 2.36. The van der Waals surface area contributed by atoms with E-state index in [0.717, 1.165) is 32.4 Å². The van der Waals surface area contributed by atoms with E-state index in [4.69, 9.17) is 23.2 Å². The third-order valence-electron chi connectivity index (χ3n) is 4.80. The molecule has 1 aromatic heterocycles. The van der Waals surface area contributed by atoms with Gasteiger partial charge in [0.05, 0.1) is 19.7 Å². The summed E-state index contributed by atoms with van der Waals surface area (Å²) in [6.45, 7) is 1.55. The van der Waals surface area contributed by atoms with Crippen molar-refractivity contribution in [2.24, 2.45) is 0 Å². The fraction of sp³-hybridized carbons (Fsp3) is 0.263. The van der Waals surface area contributed by atoms with Crippen molar-refractivity contribution in [3.8, 4) is 0 Å². The van der Waals surface area contributed by atoms with Gasteiger partial charge in [0, 0.05) is 24.7 Å². The van der Waals surface area contributed by atoms with Crippen molar-refractivity contribution in [3.05, 3.63) is 56.1 Å². The predicted octanol–water partition coefficient (Wildman–Crippen LogP) is 5.75. The predicted molar refractivity (Wildman–Crippen MR) is 117 cm³/mol. The highest BCUT2D eigenvalue weighted by molar-refractivity contribution is 7.23. The van der Waals surface area contributed by atoms with Crippen LogP contribution in [0.15, 0.2) is 30.3 Å². The Kier molecular flexibility index (Phi) is 5.58. The van der Waals surface area contributed by atoms with Gasteiger partial charge in [-0.1, -0.05) is 34.5 Å². The Labute approximate surface area is 180 Å². The van der Waals surface area contributed by atoms with Crippen LogP contribution >= 0.6 is 34.5 Å². The topological polar surface area (TPSA) is 88.4 Å². The zero-order valence-corrected chi connectivity index (χ0v) is 17.5. The molecule has 0 saturated carbocycles. The summed E-state index contributed by atoms with van der Waals surface area (Å²) in [5.74, 6) is -0.482. The first-order chi connectivity index (χ1) is 13.9. The summed E-state index contributed by atoms with van der Waals surface area (Å²) >= 11 is 13.5. The van der Waals surface area contributed by atoms with E-state index >= 15 is 0 Å². The Bertz CT molecular complexity index is 1070. The molecule has 1 N–H and O–H groups in total. The molecule has 0 radical (unpaired) electrons. The van der Waals surface area contributed by atoms with Gasteiger partial charge >= 0.3 is 0 Å². The van der Waals surface area contributed by atoms with Crippen LogP contribution in [0.2, 0.25) is 10.0 Å². The third-order valence-corrected chi connectivity index (χ3v) is 6.53. The van der Waals surface area contributed by atoms with Gasteiger partial charge in [-0.2, -0.15) is 0 Å². The molecule has 2 aromatic carbocycles. The number of anilines is 2. The zero-order chi connectivity index (χ0) is 20.5. The van der Waals surface area contributed by atoms with E-state index in [1.54, 1.807) is 24.3 Å². The normalized spacial score (nSPS) is 14.2. The first-order valence-corrected chi connectivity index (χ1v) is 10.6. The van der Waals surface area contributed by atoms with Gasteiger partial charge in [0.25, 0.3) is 11.6 Å². The number of fused-ring (bicyclic) bond motifs is 1. The van der Waals surface area contributed by atoms with Crippen molar-refractivity contribution >= 4 is 67.2 Å². The van der Waals surface area contributed by atoms with Gasteiger partial charge in [-0.3, -0.25) is 20.2 Å². The van der Waals surface area contributed by atoms with Crippen LogP contribution in [0.1, 0.15) is 29.6 Å². The molecule has 29 heavy (non-hydrogen) atoms. The van der Waals surface area contributed by atoms with Crippen molar-refractivity contribution in [1.82, 2.24) is 4.98 Å². The second-order valence-electron chi connectivity index (χ2n) is 6.69. The number of carbonyl (C=O) groups excluding carboxylic acids is 1. The molecule has 0 aliphatic carbocycles. The molecule has 0 spiro atoms. The summed E-state index contributed by atoms with van der Waals surface area (Å²) in [6, 6.07) is 7.86. The second kappa shape index (κ2) is 8.14. The van der Waals surface area contributed by atoms with Crippen molar-refractivity contribution < 1.29 is 9.72 Å². The second-order valence-corrected chi connectivity index (χ2v) is 8.50. The van der Waals surface area contributed by atoms with Crippen LogP contribution in [-0.2, 0) is 0 Å². The summed E-state index contributed by atoms with van der Waals surface area (Å²) in [5, 5.41) is 15.5. The SMILES string of the molecule is O=C(Nc1nc2c(Cl)ccc(Cl)c2s1)c1ccc(N2CCCCC2)c([N+](=O)[O-])c1. The Morgan fingerprint density at radius 1 is 1.14 bits per heavy atom. The number of piperidine rings is 1. The molecular formula is C19H16Cl2N4O3S. The number of hydrogen-bond acceptors (Lipinski definition) is 6. The Morgan fingerprint density at radius 3 is 2.55 bits per heavy atom. The van der Waals surface area contributed by atoms with Gasteiger partial charge < -0.3 is 4.90 Å². The van der Waals surface area contributed by atoms with Gasteiger partial charge in [0.1, 0.15) is 11.2 Å². The van der Waals surface area contributed by atoms with Crippen LogP contribution in [0, 0.1) is 10.1 Å². The minimum atomic E-state index is -0.482. The number of nitrogens with one attached hydrogen (secondary N) is 1. The van der Waals surface area contributed by atoms with E-state index in [9.17, 15) is 14.9 Å². The quantitative estimate of drug-likeness (QED) is 0.403. The maximum absolute atomic E-state index is 12.7. The first kappa shape index (κ1) is 19.9. The number of rotatable bonds is 4. The standard InChI is InChI=1S/C19H16Cl2N4O3S/c20-12-5-6-13(21)17-16(12)22-19(29-17)23-18(26)11-4-7-14(15(10-11)25(27)28)24-8-2-1-3-9-24/h4-7,10H,1-3,8-9H2,(H,22,23,26). The maximum Gasteiger partial charge on any atom is 0.293 e. The van der Waals surface area contributed by atoms with E-state index < -0.39 is 10.8 Å². The van der Waals surface area contributed by atoms with Crippen LogP contribution in [0.25, 0.3) is 10.2 Å². The number of benzene rings is 2. The molecule has 4 rings (SSSR count). The molecule has 0 unspecified atom stereocenters. The van der Waals surface area contributed by atoms with Crippen molar-refractivity contribution in [2.75, 3.05) is 23.3 Å². The lowest BCUT2D eigenvalue weighted by Crippen LogP contribution is -2.30. The molecule has 1 aliphatic rings. The van der Waals surface area contributed by atoms with Gasteiger partial charge in [-0.15, -0.1) is 0 Å². The third kappa shape index (κ3) is 4.01. The lowest BCUT2D eigenvalue weighted by Gasteiger charge is -2.28. The monoisotopic (exact) mass is 450 g/mol. The molecule has 0 atom stereocenters. The van der Waals surface area contributed by atoms with Crippen LogP contribution < -0.4 is 10.2 Å². The van der Waals surface area contributed by atoms with Gasteiger partial charge in [0.2, 0.25) is 0 Å². The summed E-state index contributed by atoms with van der Waals surface area (Å²) in [4.78, 5) is 30.1. The molecule has 1 aliphatic heterocycles. The minimum absolute atomic E-state index is 0.0741. The molecule has 1 amide bonds. The summed E-state index contributed by atoms with van der Waals surface area (Å²) in [7, 11) is 0. The van der Waals surface area contributed by atoms with Crippen LogP contribution in [0.5, 0.6) is 0 Å². The number of aromatic nitrogens is 1. The Hall–Kier alpha value is -2.42. The summed E-state index contributed by atoms with van der Waals surface area (Å²) in [5.41, 5.74) is 1.17. The molecule has 10 heteroatoms. The van der Waals surface area contributed by atoms with Gasteiger partial charge in [0.15, 0.2) is 5.13 Å². The molecule has 1 fully saturated rings. The molecule has 0 bridgehead atoms. The minimum Gasteiger partial charge on any atom is -0.366 e. The molecule has 150 valence electrons. The largest absolute Gasteiger partial charge is 0.366 e. The molecule has 7 nitrogen and oxygen atoms in total. The molecule has 2 heterocycles. The zero-order valence-electron chi connectivity index (χ0n) is 15.2. The van der Waals surface area contributed by atoms with Crippen molar-refractivity contribution in [2.45, 2.75) is 19.3 Å². The number of nitrogens with zero attached hydrogens (tertiary/aromatic N) is 3. The fourth-order valence-corrected chi connectivity index (χ4v) is 4.80. The van der Waals surface area contributed by atoms with Gasteiger partial charge in [-0.25, -0.2) is 4.98 Å². The Balaban J connectivity index is 1.62. The van der Waals surface area contributed by atoms with E-state index in [1.807, 2.05) is 4.90 Å². The number of nitro benzene ring substituents is 1. The number of nitro groups is 1. The number of hydrogen-bond donors (Lipinski definition) is 1. The lowest BCUT2D eigenvalue weighted by atomic mass is 10.1. The van der Waals surface area contributed by atoms with Crippen LogP contribution in [-0.4, -0.2) is 28.9 Å². The smallest absolute Gasteiger partial charge is 0.293 e. The number of thiazole rings is 1. The van der Waals surface area contributed by atoms with Crippen LogP contribution in [0.4, 0.5) is 16.5 Å². The Morgan fingerprint density at radius 2 is 1.86 bits per heavy atom. The maximum atomic E-state index is 12.7. The summed E-state index contributed by atoms with van der Waals surface area (Å²) in [6.07, 6.45) is 3.13. The highest BCUT2D eigenvalue weighted by Gasteiger charge is 2.23. The first-order valence-electron chi connectivity index (χ1n) is 9.03. The number of halogens is 2. The lowest BCUT2D eigenvalue weighted by molar-refractivity contribution is -0.384. The van der Waals surface area contributed by atoms with Gasteiger partial charge in [-0.05, 0) is 43.5 Å². The summed E-state index contributed by atoms with van der Waals surface area (Å²) < 4.78 is 0.667. The van der Waals surface area contributed by atoms with E-state index in [0.29, 0.717) is 31.1 Å². The number of carbonyl (C=O) groups is 1. The average Bonchev–Trinajstić information content (AvgIpc) is 3.16. The average molecular weight is 451 g/mol. The number of amides is 1. The molecular weight excluding hydrogens is 435 g/mol.